The number of aromatic nitrogens is 4. The van der Waals surface area contributed by atoms with E-state index in [1.807, 2.05) is 7.05 Å². The molecule has 23 heavy (non-hydrogen) atoms. The van der Waals surface area contributed by atoms with E-state index in [0.717, 1.165) is 24.6 Å². The molecule has 2 aromatic rings. The molecule has 0 atom stereocenters. The molecule has 0 spiro atoms. The molecule has 0 bridgehead atoms. The summed E-state index contributed by atoms with van der Waals surface area (Å²) in [5.41, 5.74) is 1.13. The third-order valence-corrected chi connectivity index (χ3v) is 4.54. The summed E-state index contributed by atoms with van der Waals surface area (Å²) in [5, 5.41) is 8.71. The fourth-order valence-electron chi connectivity index (χ4n) is 2.77. The molecule has 1 saturated heterocycles. The Morgan fingerprint density at radius 3 is 2.65 bits per heavy atom. The number of methoxy groups -OCH3 is 1. The van der Waals surface area contributed by atoms with E-state index >= 15 is 0 Å². The van der Waals surface area contributed by atoms with Gasteiger partial charge < -0.3 is 14.5 Å². The Morgan fingerprint density at radius 2 is 2.00 bits per heavy atom. The van der Waals surface area contributed by atoms with Crippen LogP contribution in [0, 0.1) is 0 Å². The van der Waals surface area contributed by atoms with Crippen LogP contribution in [0.3, 0.4) is 0 Å². The van der Waals surface area contributed by atoms with Crippen molar-refractivity contribution in [3.8, 4) is 5.88 Å². The van der Waals surface area contributed by atoms with E-state index < -0.39 is 0 Å². The van der Waals surface area contributed by atoms with Crippen molar-refractivity contribution in [3.05, 3.63) is 30.1 Å². The molecule has 2 aromatic heterocycles. The van der Waals surface area contributed by atoms with E-state index in [4.69, 9.17) is 4.74 Å². The number of hydrogen-bond acceptors (Lipinski definition) is 7. The first kappa shape index (κ1) is 14.2. The molecule has 1 saturated carbocycles. The first-order chi connectivity index (χ1) is 11.2. The van der Waals surface area contributed by atoms with Crippen molar-refractivity contribution < 1.29 is 4.74 Å². The summed E-state index contributed by atoms with van der Waals surface area (Å²) in [6.07, 6.45) is 4.23. The molecule has 0 N–H and O–H groups in total. The summed E-state index contributed by atoms with van der Waals surface area (Å²) in [6.45, 7) is 1.79. The molecule has 7 nitrogen and oxygen atoms in total. The summed E-state index contributed by atoms with van der Waals surface area (Å²) in [5.74, 6) is 2.87. The number of rotatable bonds is 5. The third-order valence-electron chi connectivity index (χ3n) is 4.54. The topological polar surface area (TPSA) is 67.3 Å². The van der Waals surface area contributed by atoms with Gasteiger partial charge in [0.1, 0.15) is 0 Å². The zero-order chi connectivity index (χ0) is 15.8. The van der Waals surface area contributed by atoms with Crippen molar-refractivity contribution in [2.75, 3.05) is 37.0 Å². The molecule has 7 heteroatoms. The fraction of sp³-hybridized carbons (Fsp3) is 0.500. The third kappa shape index (κ3) is 2.78. The van der Waals surface area contributed by atoms with Gasteiger partial charge in [-0.3, -0.25) is 0 Å². The summed E-state index contributed by atoms with van der Waals surface area (Å²) < 4.78 is 5.16. The monoisotopic (exact) mass is 312 g/mol. The summed E-state index contributed by atoms with van der Waals surface area (Å²) >= 11 is 0. The highest BCUT2D eigenvalue weighted by molar-refractivity contribution is 5.46. The van der Waals surface area contributed by atoms with Gasteiger partial charge in [0.25, 0.3) is 0 Å². The number of likely N-dealkylation sites (N-methyl/N-ethyl adjacent to an activating group) is 1. The minimum atomic E-state index is 0.368. The largest absolute Gasteiger partial charge is 0.481 e. The predicted octanol–water partition coefficient (Wildman–Crippen LogP) is 1.48. The van der Waals surface area contributed by atoms with Gasteiger partial charge in [-0.25, -0.2) is 4.98 Å². The SMILES string of the molecule is COc1ccnc(N(C)C2CN(c3ccc(C4CC4)nn3)C2)n1. The minimum absolute atomic E-state index is 0.368. The van der Waals surface area contributed by atoms with Crippen LogP contribution in [-0.2, 0) is 0 Å². The highest BCUT2D eigenvalue weighted by Gasteiger charge is 2.33. The van der Waals surface area contributed by atoms with E-state index in [1.54, 1.807) is 19.4 Å². The highest BCUT2D eigenvalue weighted by atomic mass is 16.5. The van der Waals surface area contributed by atoms with Gasteiger partial charge in [0.15, 0.2) is 5.82 Å². The van der Waals surface area contributed by atoms with Crippen molar-refractivity contribution in [2.45, 2.75) is 24.8 Å². The molecule has 4 rings (SSSR count). The Kier molecular flexibility index (Phi) is 3.48. The molecule has 3 heterocycles. The van der Waals surface area contributed by atoms with Crippen LogP contribution < -0.4 is 14.5 Å². The predicted molar refractivity (Wildman–Crippen MR) is 87.0 cm³/mol. The Morgan fingerprint density at radius 1 is 1.17 bits per heavy atom. The number of hydrogen-bond donors (Lipinski definition) is 0. The van der Waals surface area contributed by atoms with Gasteiger partial charge in [0.2, 0.25) is 11.8 Å². The second kappa shape index (κ2) is 5.64. The lowest BCUT2D eigenvalue weighted by molar-refractivity contribution is 0.395. The number of anilines is 2. The molecule has 120 valence electrons. The smallest absolute Gasteiger partial charge is 0.228 e. The number of ether oxygens (including phenoxy) is 1. The Labute approximate surface area is 135 Å². The van der Waals surface area contributed by atoms with Crippen LogP contribution >= 0.6 is 0 Å². The molecular weight excluding hydrogens is 292 g/mol. The van der Waals surface area contributed by atoms with Gasteiger partial charge in [0.05, 0.1) is 18.8 Å². The molecule has 2 aliphatic rings. The summed E-state index contributed by atoms with van der Waals surface area (Å²) in [4.78, 5) is 13.0. The average Bonchev–Trinajstić information content (AvgIpc) is 3.39. The lowest BCUT2D eigenvalue weighted by Gasteiger charge is -2.44. The van der Waals surface area contributed by atoms with Crippen LogP contribution in [0.2, 0.25) is 0 Å². The van der Waals surface area contributed by atoms with E-state index in [1.165, 1.54) is 12.8 Å². The molecule has 0 unspecified atom stereocenters. The van der Waals surface area contributed by atoms with Crippen molar-refractivity contribution >= 4 is 11.8 Å². The molecule has 0 amide bonds. The quantitative estimate of drug-likeness (QED) is 0.828. The molecule has 0 radical (unpaired) electrons. The van der Waals surface area contributed by atoms with Gasteiger partial charge in [-0.1, -0.05) is 0 Å². The van der Waals surface area contributed by atoms with Gasteiger partial charge in [-0.2, -0.15) is 10.1 Å². The highest BCUT2D eigenvalue weighted by Crippen LogP contribution is 2.38. The van der Waals surface area contributed by atoms with Crippen molar-refractivity contribution in [2.24, 2.45) is 0 Å². The lowest BCUT2D eigenvalue weighted by Crippen LogP contribution is -2.59. The van der Waals surface area contributed by atoms with Gasteiger partial charge in [-0.15, -0.1) is 5.10 Å². The van der Waals surface area contributed by atoms with E-state index in [9.17, 15) is 0 Å². The molecular formula is C16H20N6O. The van der Waals surface area contributed by atoms with Crippen molar-refractivity contribution in [1.82, 2.24) is 20.2 Å². The van der Waals surface area contributed by atoms with Gasteiger partial charge in [0, 0.05) is 38.3 Å². The van der Waals surface area contributed by atoms with Gasteiger partial charge in [-0.05, 0) is 25.0 Å². The van der Waals surface area contributed by atoms with Crippen LogP contribution in [0.15, 0.2) is 24.4 Å². The molecule has 1 aliphatic carbocycles. The van der Waals surface area contributed by atoms with Crippen molar-refractivity contribution in [1.29, 1.82) is 0 Å². The van der Waals surface area contributed by atoms with Crippen LogP contribution in [0.25, 0.3) is 0 Å². The Balaban J connectivity index is 1.38. The maximum absolute atomic E-state index is 5.16. The molecule has 0 aromatic carbocycles. The van der Waals surface area contributed by atoms with Crippen LogP contribution in [0.5, 0.6) is 5.88 Å². The van der Waals surface area contributed by atoms with E-state index in [-0.39, 0.29) is 0 Å². The molecule has 1 aliphatic heterocycles. The zero-order valence-corrected chi connectivity index (χ0v) is 13.4. The lowest BCUT2D eigenvalue weighted by atomic mass is 10.1. The number of nitrogens with zero attached hydrogens (tertiary/aromatic N) is 6. The summed E-state index contributed by atoms with van der Waals surface area (Å²) in [6, 6.07) is 6.31. The standard InChI is InChI=1S/C16H20N6O/c1-21(16-17-8-7-15(18-16)23-2)12-9-22(10-12)14-6-5-13(19-20-14)11-3-4-11/h5-8,11-12H,3-4,9-10H2,1-2H3. The summed E-state index contributed by atoms with van der Waals surface area (Å²) in [7, 11) is 3.62. The Bertz CT molecular complexity index is 681. The molecule has 2 fully saturated rings. The normalized spacial score (nSPS) is 17.7. The second-order valence-electron chi connectivity index (χ2n) is 6.16. The average molecular weight is 312 g/mol. The van der Waals surface area contributed by atoms with Gasteiger partial charge >= 0.3 is 0 Å². The first-order valence-corrected chi connectivity index (χ1v) is 7.93. The van der Waals surface area contributed by atoms with Crippen molar-refractivity contribution in [3.63, 3.8) is 0 Å². The maximum Gasteiger partial charge on any atom is 0.228 e. The van der Waals surface area contributed by atoms with Crippen LogP contribution in [0.1, 0.15) is 24.5 Å². The van der Waals surface area contributed by atoms with Crippen LogP contribution in [0.4, 0.5) is 11.8 Å². The fourth-order valence-corrected chi connectivity index (χ4v) is 2.77. The van der Waals surface area contributed by atoms with E-state index in [2.05, 4.69) is 42.1 Å². The minimum Gasteiger partial charge on any atom is -0.481 e. The van der Waals surface area contributed by atoms with Crippen LogP contribution in [-0.4, -0.2) is 53.5 Å². The Hall–Kier alpha value is -2.44. The first-order valence-electron chi connectivity index (χ1n) is 7.93. The maximum atomic E-state index is 5.16. The zero-order valence-electron chi connectivity index (χ0n) is 13.4. The second-order valence-corrected chi connectivity index (χ2v) is 6.16. The van der Waals surface area contributed by atoms with E-state index in [0.29, 0.717) is 23.8 Å².